The zero-order chi connectivity index (χ0) is 22.0. The second-order valence-corrected chi connectivity index (χ2v) is 6.60. The summed E-state index contributed by atoms with van der Waals surface area (Å²) in [5.74, 6) is 0.388. The number of aromatic nitrogens is 4. The van der Waals surface area contributed by atoms with Gasteiger partial charge in [0.15, 0.2) is 11.4 Å². The summed E-state index contributed by atoms with van der Waals surface area (Å²) >= 11 is 0. The maximum Gasteiger partial charge on any atom is 0.294 e. The first kappa shape index (κ1) is 20.0. The van der Waals surface area contributed by atoms with E-state index in [4.69, 9.17) is 4.74 Å². The number of fused-ring (bicyclic) bond motifs is 1. The largest absolute Gasteiger partial charge is 0.494 e. The first-order valence-electron chi connectivity index (χ1n) is 9.42. The molecule has 2 aromatic carbocycles. The van der Waals surface area contributed by atoms with Gasteiger partial charge in [-0.1, -0.05) is 12.1 Å². The highest BCUT2D eigenvalue weighted by molar-refractivity contribution is 5.96. The lowest BCUT2D eigenvalue weighted by Gasteiger charge is -2.07. The highest BCUT2D eigenvalue weighted by Gasteiger charge is 2.19. The van der Waals surface area contributed by atoms with E-state index in [-0.39, 0.29) is 34.7 Å². The van der Waals surface area contributed by atoms with Gasteiger partial charge in [0.25, 0.3) is 11.2 Å². The van der Waals surface area contributed by atoms with Crippen LogP contribution in [-0.4, -0.2) is 36.6 Å². The van der Waals surface area contributed by atoms with Crippen molar-refractivity contribution in [1.82, 2.24) is 19.3 Å². The topological polar surface area (TPSA) is 122 Å². The summed E-state index contributed by atoms with van der Waals surface area (Å²) in [4.78, 5) is 40.5. The molecule has 0 fully saturated rings. The number of ether oxygens (including phenoxy) is 1. The number of benzene rings is 2. The smallest absolute Gasteiger partial charge is 0.294 e. The van der Waals surface area contributed by atoms with E-state index in [2.05, 4.69) is 10.1 Å². The van der Waals surface area contributed by atoms with Crippen LogP contribution in [0.4, 0.5) is 5.69 Å². The number of hydrogen-bond acceptors (Lipinski definition) is 7. The fourth-order valence-electron chi connectivity index (χ4n) is 3.18. The molecule has 156 valence electrons. The van der Waals surface area contributed by atoms with Gasteiger partial charge in [-0.05, 0) is 37.3 Å². The number of Topliss-reactive ketones (excluding diaryl/α,β-unsaturated/α-hetero) is 1. The summed E-state index contributed by atoms with van der Waals surface area (Å²) in [7, 11) is 0. The van der Waals surface area contributed by atoms with Crippen molar-refractivity contribution in [3.05, 3.63) is 87.1 Å². The van der Waals surface area contributed by atoms with E-state index < -0.39 is 10.5 Å². The van der Waals surface area contributed by atoms with Gasteiger partial charge in [0, 0.05) is 11.6 Å². The van der Waals surface area contributed by atoms with Gasteiger partial charge in [-0.2, -0.15) is 5.10 Å². The quantitative estimate of drug-likeness (QED) is 0.256. The Morgan fingerprint density at radius 3 is 2.61 bits per heavy atom. The van der Waals surface area contributed by atoms with Gasteiger partial charge >= 0.3 is 0 Å². The highest BCUT2D eigenvalue weighted by Crippen LogP contribution is 2.24. The molecule has 4 aromatic rings. The maximum absolute atomic E-state index is 12.9. The monoisotopic (exact) mass is 419 g/mol. The summed E-state index contributed by atoms with van der Waals surface area (Å²) in [5, 5.41) is 15.6. The fourth-order valence-corrected chi connectivity index (χ4v) is 3.18. The first-order chi connectivity index (χ1) is 15.0. The van der Waals surface area contributed by atoms with Gasteiger partial charge in [0.2, 0.25) is 0 Å². The normalized spacial score (nSPS) is 10.9. The summed E-state index contributed by atoms with van der Waals surface area (Å²) in [5.41, 5.74) is 0.172. The van der Waals surface area contributed by atoms with Gasteiger partial charge < -0.3 is 4.74 Å². The number of nitrogens with zero attached hydrogens (tertiary/aromatic N) is 5. The average molecular weight is 419 g/mol. The van der Waals surface area contributed by atoms with E-state index in [0.717, 1.165) is 0 Å². The number of ketones is 1. The maximum atomic E-state index is 12.9. The predicted octanol–water partition coefficient (Wildman–Crippen LogP) is 2.77. The van der Waals surface area contributed by atoms with Crippen LogP contribution in [-0.2, 0) is 6.54 Å². The van der Waals surface area contributed by atoms with Crippen molar-refractivity contribution in [2.75, 3.05) is 6.61 Å². The van der Waals surface area contributed by atoms with Gasteiger partial charge in [-0.15, -0.1) is 0 Å². The van der Waals surface area contributed by atoms with E-state index >= 15 is 0 Å². The molecule has 0 bridgehead atoms. The number of para-hydroxylation sites is 2. The molecule has 31 heavy (non-hydrogen) atoms. The first-order valence-corrected chi connectivity index (χ1v) is 9.42. The molecule has 4 rings (SSSR count). The zero-order valence-electron chi connectivity index (χ0n) is 16.5. The SMILES string of the molecule is CCOc1ccc(C(=O)Cn2cnc3c(cnn3-c3ccccc3[N+](=O)[O-])c2=O)cc1. The molecule has 0 spiro atoms. The Bertz CT molecular complexity index is 1340. The lowest BCUT2D eigenvalue weighted by Crippen LogP contribution is -2.24. The van der Waals surface area contributed by atoms with Crippen LogP contribution in [0.5, 0.6) is 5.75 Å². The van der Waals surface area contributed by atoms with Gasteiger partial charge in [0.1, 0.15) is 23.2 Å². The second-order valence-electron chi connectivity index (χ2n) is 6.60. The Hall–Kier alpha value is -4.34. The van der Waals surface area contributed by atoms with Crippen LogP contribution in [0.15, 0.2) is 65.8 Å². The zero-order valence-corrected chi connectivity index (χ0v) is 16.5. The Kier molecular flexibility index (Phi) is 5.27. The Morgan fingerprint density at radius 2 is 1.90 bits per heavy atom. The van der Waals surface area contributed by atoms with E-state index in [9.17, 15) is 19.7 Å². The minimum Gasteiger partial charge on any atom is -0.494 e. The Balaban J connectivity index is 1.66. The van der Waals surface area contributed by atoms with Crippen molar-refractivity contribution in [2.24, 2.45) is 0 Å². The third kappa shape index (κ3) is 3.78. The van der Waals surface area contributed by atoms with Crippen LogP contribution in [0.25, 0.3) is 16.7 Å². The van der Waals surface area contributed by atoms with Crippen molar-refractivity contribution in [3.63, 3.8) is 0 Å². The summed E-state index contributed by atoms with van der Waals surface area (Å²) in [6, 6.07) is 12.7. The molecule has 0 saturated heterocycles. The van der Waals surface area contributed by atoms with E-state index in [1.807, 2.05) is 6.92 Å². The molecule has 0 N–H and O–H groups in total. The number of carbonyl (C=O) groups is 1. The molecule has 2 aromatic heterocycles. The van der Waals surface area contributed by atoms with E-state index in [1.54, 1.807) is 36.4 Å². The van der Waals surface area contributed by atoms with Crippen LogP contribution in [0.1, 0.15) is 17.3 Å². The van der Waals surface area contributed by atoms with Crippen molar-refractivity contribution < 1.29 is 14.5 Å². The molecular weight excluding hydrogens is 402 g/mol. The third-order valence-corrected chi connectivity index (χ3v) is 4.66. The average Bonchev–Trinajstić information content (AvgIpc) is 3.21. The molecule has 0 aliphatic carbocycles. The van der Waals surface area contributed by atoms with Crippen molar-refractivity contribution >= 4 is 22.5 Å². The number of rotatable bonds is 7. The molecule has 0 atom stereocenters. The number of hydrogen-bond donors (Lipinski definition) is 0. The fraction of sp³-hybridized carbons (Fsp3) is 0.143. The molecule has 0 saturated carbocycles. The Labute approximate surface area is 175 Å². The summed E-state index contributed by atoms with van der Waals surface area (Å²) < 4.78 is 7.79. The summed E-state index contributed by atoms with van der Waals surface area (Å²) in [6.45, 7) is 2.19. The molecule has 0 aliphatic rings. The number of nitro groups is 1. The van der Waals surface area contributed by atoms with Crippen LogP contribution in [0, 0.1) is 10.1 Å². The van der Waals surface area contributed by atoms with Crippen LogP contribution in [0.3, 0.4) is 0 Å². The molecule has 0 unspecified atom stereocenters. The lowest BCUT2D eigenvalue weighted by atomic mass is 10.1. The molecule has 0 aliphatic heterocycles. The highest BCUT2D eigenvalue weighted by atomic mass is 16.6. The Morgan fingerprint density at radius 1 is 1.16 bits per heavy atom. The molecule has 0 radical (unpaired) electrons. The molecule has 10 nitrogen and oxygen atoms in total. The van der Waals surface area contributed by atoms with Gasteiger partial charge in [-0.3, -0.25) is 24.3 Å². The second kappa shape index (κ2) is 8.19. The van der Waals surface area contributed by atoms with Gasteiger partial charge in [-0.25, -0.2) is 9.67 Å². The summed E-state index contributed by atoms with van der Waals surface area (Å²) in [6.07, 6.45) is 2.53. The van der Waals surface area contributed by atoms with E-state index in [1.165, 1.54) is 33.9 Å². The van der Waals surface area contributed by atoms with Gasteiger partial charge in [0.05, 0.1) is 24.3 Å². The van der Waals surface area contributed by atoms with Crippen molar-refractivity contribution in [2.45, 2.75) is 13.5 Å². The molecule has 2 heterocycles. The molecule has 10 heteroatoms. The third-order valence-electron chi connectivity index (χ3n) is 4.66. The predicted molar refractivity (Wildman–Crippen MR) is 112 cm³/mol. The number of carbonyl (C=O) groups excluding carboxylic acids is 1. The van der Waals surface area contributed by atoms with Crippen molar-refractivity contribution in [3.8, 4) is 11.4 Å². The molecular formula is C21H17N5O5. The minimum absolute atomic E-state index is 0.153. The van der Waals surface area contributed by atoms with Crippen LogP contribution < -0.4 is 10.3 Å². The lowest BCUT2D eigenvalue weighted by molar-refractivity contribution is -0.384. The minimum atomic E-state index is -0.528. The van der Waals surface area contributed by atoms with E-state index in [0.29, 0.717) is 17.9 Å². The van der Waals surface area contributed by atoms with Crippen LogP contribution >= 0.6 is 0 Å². The van der Waals surface area contributed by atoms with Crippen LogP contribution in [0.2, 0.25) is 0 Å². The van der Waals surface area contributed by atoms with Crippen molar-refractivity contribution in [1.29, 1.82) is 0 Å². The molecule has 0 amide bonds. The number of nitro benzene ring substituents is 1. The standard InChI is InChI=1S/C21H17N5O5/c1-2-31-15-9-7-14(8-10-15)19(27)12-24-13-22-20-16(21(24)28)11-23-25(20)17-5-3-4-6-18(17)26(29)30/h3-11,13H,2,12H2,1H3.